The molecule has 0 spiro atoms. The summed E-state index contributed by atoms with van der Waals surface area (Å²) >= 11 is 5.33. The van der Waals surface area contributed by atoms with E-state index in [-0.39, 0.29) is 0 Å². The van der Waals surface area contributed by atoms with Crippen molar-refractivity contribution in [2.75, 3.05) is 11.9 Å². The van der Waals surface area contributed by atoms with Gasteiger partial charge in [0.15, 0.2) is 0 Å². The molecular weight excluding hydrogens is 332 g/mol. The normalized spacial score (nSPS) is 17.8. The van der Waals surface area contributed by atoms with Crippen LogP contribution in [-0.2, 0) is 0 Å². The third-order valence-corrected chi connectivity index (χ3v) is 5.39. The lowest BCUT2D eigenvalue weighted by atomic mass is 9.91. The molecule has 100 valence electrons. The minimum absolute atomic E-state index is 0.420. The number of nitrogens with one attached hydrogen (secondary N) is 1. The van der Waals surface area contributed by atoms with Gasteiger partial charge in [0.05, 0.1) is 10.2 Å². The van der Waals surface area contributed by atoms with Crippen molar-refractivity contribution in [1.82, 2.24) is 4.98 Å². The highest BCUT2D eigenvalue weighted by atomic mass is 79.9. The second-order valence-corrected chi connectivity index (χ2v) is 7.00. The summed E-state index contributed by atoms with van der Waals surface area (Å²) in [4.78, 5) is 4.86. The number of fused-ring (bicyclic) bond motifs is 2. The highest BCUT2D eigenvalue weighted by Crippen LogP contribution is 2.39. The van der Waals surface area contributed by atoms with Crippen LogP contribution in [0.3, 0.4) is 0 Å². The predicted octanol–water partition coefficient (Wildman–Crippen LogP) is 5.01. The fourth-order valence-corrected chi connectivity index (χ4v) is 4.24. The molecule has 2 nitrogen and oxygen atoms in total. The van der Waals surface area contributed by atoms with Gasteiger partial charge in [0, 0.05) is 22.6 Å². The van der Waals surface area contributed by atoms with Crippen LogP contribution in [0.5, 0.6) is 0 Å². The number of benzene rings is 2. The van der Waals surface area contributed by atoms with Crippen molar-refractivity contribution >= 4 is 43.2 Å². The largest absolute Gasteiger partial charge is 0.385 e. The molecule has 1 aromatic heterocycles. The minimum Gasteiger partial charge on any atom is -0.385 e. The highest BCUT2D eigenvalue weighted by molar-refractivity contribution is 9.10. The van der Waals surface area contributed by atoms with E-state index in [1.165, 1.54) is 21.0 Å². The van der Waals surface area contributed by atoms with Gasteiger partial charge in [0.2, 0.25) is 0 Å². The Labute approximate surface area is 130 Å². The van der Waals surface area contributed by atoms with Crippen molar-refractivity contribution < 1.29 is 0 Å². The summed E-state index contributed by atoms with van der Waals surface area (Å²) in [5.74, 6) is 0.420. The number of thiazole rings is 1. The van der Waals surface area contributed by atoms with Gasteiger partial charge in [-0.2, -0.15) is 0 Å². The number of nitrogens with zero attached hydrogens (tertiary/aromatic N) is 1. The first-order valence-electron chi connectivity index (χ1n) is 6.70. The van der Waals surface area contributed by atoms with Gasteiger partial charge in [0.1, 0.15) is 5.01 Å². The maximum Gasteiger partial charge on any atom is 0.101 e. The summed E-state index contributed by atoms with van der Waals surface area (Å²) in [6.45, 7) is 1.02. The molecule has 1 atom stereocenters. The molecule has 0 saturated carbocycles. The summed E-state index contributed by atoms with van der Waals surface area (Å²) in [7, 11) is 0. The molecule has 20 heavy (non-hydrogen) atoms. The average molecular weight is 345 g/mol. The first-order valence-corrected chi connectivity index (χ1v) is 8.31. The Hall–Kier alpha value is -1.39. The molecule has 1 unspecified atom stereocenters. The monoisotopic (exact) mass is 344 g/mol. The molecular formula is C16H13BrN2S. The van der Waals surface area contributed by atoms with E-state index in [1.54, 1.807) is 0 Å². The number of para-hydroxylation sites is 1. The van der Waals surface area contributed by atoms with Crippen LogP contribution >= 0.6 is 27.3 Å². The number of hydrogen-bond acceptors (Lipinski definition) is 3. The van der Waals surface area contributed by atoms with E-state index in [0.717, 1.165) is 23.0 Å². The first-order chi connectivity index (χ1) is 9.81. The molecule has 2 aromatic carbocycles. The average Bonchev–Trinajstić information content (AvgIpc) is 2.89. The number of hydrogen-bond donors (Lipinski definition) is 1. The maximum atomic E-state index is 4.86. The van der Waals surface area contributed by atoms with Crippen molar-refractivity contribution in [1.29, 1.82) is 0 Å². The molecule has 4 heteroatoms. The number of rotatable bonds is 1. The standard InChI is InChI=1S/C16H13BrN2S/c17-10-5-6-15-14(9-10)19-16(20-15)12-7-8-18-13-4-2-1-3-11(12)13/h1-6,9,12,18H,7-8H2. The Kier molecular flexibility index (Phi) is 3.00. The van der Waals surface area contributed by atoms with Crippen LogP contribution in [0.4, 0.5) is 5.69 Å². The van der Waals surface area contributed by atoms with E-state index in [1.807, 2.05) is 11.3 Å². The van der Waals surface area contributed by atoms with Crippen molar-refractivity contribution in [3.05, 3.63) is 57.5 Å². The second kappa shape index (κ2) is 4.86. The van der Waals surface area contributed by atoms with Gasteiger partial charge in [-0.05, 0) is 36.2 Å². The second-order valence-electron chi connectivity index (χ2n) is 5.02. The maximum absolute atomic E-state index is 4.86. The van der Waals surface area contributed by atoms with E-state index in [4.69, 9.17) is 4.98 Å². The fourth-order valence-electron chi connectivity index (χ4n) is 2.79. The lowest BCUT2D eigenvalue weighted by molar-refractivity contribution is 0.716. The number of aromatic nitrogens is 1. The Morgan fingerprint density at radius 1 is 1.20 bits per heavy atom. The Balaban J connectivity index is 1.84. The molecule has 0 amide bonds. The van der Waals surface area contributed by atoms with E-state index in [9.17, 15) is 0 Å². The Morgan fingerprint density at radius 2 is 2.10 bits per heavy atom. The Morgan fingerprint density at radius 3 is 3.05 bits per heavy atom. The first kappa shape index (κ1) is 12.4. The SMILES string of the molecule is Brc1ccc2sc(C3CCNc4ccccc43)nc2c1. The predicted molar refractivity (Wildman–Crippen MR) is 88.7 cm³/mol. The van der Waals surface area contributed by atoms with Crippen LogP contribution in [0, 0.1) is 0 Å². The van der Waals surface area contributed by atoms with Crippen molar-refractivity contribution in [3.63, 3.8) is 0 Å². The minimum atomic E-state index is 0.420. The van der Waals surface area contributed by atoms with Crippen LogP contribution in [0.2, 0.25) is 0 Å². The quantitative estimate of drug-likeness (QED) is 0.671. The summed E-state index contributed by atoms with van der Waals surface area (Å²) in [5.41, 5.74) is 3.72. The van der Waals surface area contributed by atoms with Gasteiger partial charge < -0.3 is 5.32 Å². The molecule has 0 fully saturated rings. The van der Waals surface area contributed by atoms with E-state index in [2.05, 4.69) is 63.7 Å². The summed E-state index contributed by atoms with van der Waals surface area (Å²) < 4.78 is 2.35. The molecule has 1 N–H and O–H groups in total. The zero-order valence-corrected chi connectivity index (χ0v) is 13.2. The molecule has 0 saturated heterocycles. The molecule has 2 heterocycles. The zero-order chi connectivity index (χ0) is 13.5. The summed E-state index contributed by atoms with van der Waals surface area (Å²) in [6.07, 6.45) is 1.11. The molecule has 0 bridgehead atoms. The lowest BCUT2D eigenvalue weighted by Gasteiger charge is -2.25. The van der Waals surface area contributed by atoms with Gasteiger partial charge in [-0.1, -0.05) is 34.1 Å². The molecule has 0 aliphatic carbocycles. The highest BCUT2D eigenvalue weighted by Gasteiger charge is 2.24. The van der Waals surface area contributed by atoms with E-state index in [0.29, 0.717) is 5.92 Å². The van der Waals surface area contributed by atoms with E-state index < -0.39 is 0 Å². The van der Waals surface area contributed by atoms with Crippen LogP contribution < -0.4 is 5.32 Å². The van der Waals surface area contributed by atoms with Gasteiger partial charge >= 0.3 is 0 Å². The molecule has 3 aromatic rings. The van der Waals surface area contributed by atoms with Crippen LogP contribution in [0.15, 0.2) is 46.9 Å². The van der Waals surface area contributed by atoms with Gasteiger partial charge in [-0.15, -0.1) is 11.3 Å². The third-order valence-electron chi connectivity index (χ3n) is 3.75. The molecule has 4 rings (SSSR count). The Bertz CT molecular complexity index is 781. The fraction of sp³-hybridized carbons (Fsp3) is 0.188. The lowest BCUT2D eigenvalue weighted by Crippen LogP contribution is -2.17. The van der Waals surface area contributed by atoms with Crippen LogP contribution in [0.1, 0.15) is 22.9 Å². The van der Waals surface area contributed by atoms with Gasteiger partial charge in [-0.3, -0.25) is 0 Å². The zero-order valence-electron chi connectivity index (χ0n) is 10.8. The topological polar surface area (TPSA) is 24.9 Å². The summed E-state index contributed by atoms with van der Waals surface area (Å²) in [6, 6.07) is 14.9. The van der Waals surface area contributed by atoms with Gasteiger partial charge in [-0.25, -0.2) is 4.98 Å². The number of anilines is 1. The number of halogens is 1. The van der Waals surface area contributed by atoms with Gasteiger partial charge in [0.25, 0.3) is 0 Å². The van der Waals surface area contributed by atoms with Crippen LogP contribution in [0.25, 0.3) is 10.2 Å². The van der Waals surface area contributed by atoms with E-state index >= 15 is 0 Å². The van der Waals surface area contributed by atoms with Crippen molar-refractivity contribution in [2.45, 2.75) is 12.3 Å². The van der Waals surface area contributed by atoms with Crippen LogP contribution in [-0.4, -0.2) is 11.5 Å². The summed E-state index contributed by atoms with van der Waals surface area (Å²) in [5, 5.41) is 4.70. The molecule has 1 aliphatic rings. The van der Waals surface area contributed by atoms with Crippen molar-refractivity contribution in [3.8, 4) is 0 Å². The molecule has 1 aliphatic heterocycles. The van der Waals surface area contributed by atoms with Crippen molar-refractivity contribution in [2.24, 2.45) is 0 Å². The smallest absolute Gasteiger partial charge is 0.101 e. The molecule has 0 radical (unpaired) electrons. The third kappa shape index (κ3) is 2.03.